The molecule has 158 valence electrons. The van der Waals surface area contributed by atoms with Gasteiger partial charge in [-0.3, -0.25) is 9.59 Å². The van der Waals surface area contributed by atoms with E-state index < -0.39 is 6.10 Å². The van der Waals surface area contributed by atoms with Crippen LogP contribution in [-0.4, -0.2) is 68.7 Å². The van der Waals surface area contributed by atoms with Gasteiger partial charge in [-0.1, -0.05) is 12.1 Å². The Labute approximate surface area is 178 Å². The van der Waals surface area contributed by atoms with Gasteiger partial charge in [0, 0.05) is 38.3 Å². The highest BCUT2D eigenvalue weighted by atomic mass is 35.5. The summed E-state index contributed by atoms with van der Waals surface area (Å²) in [5.74, 6) is -0.164. The summed E-state index contributed by atoms with van der Waals surface area (Å²) in [6, 6.07) is 7.34. The van der Waals surface area contributed by atoms with Crippen molar-refractivity contribution in [1.29, 1.82) is 0 Å². The second kappa shape index (κ2) is 13.0. The lowest BCUT2D eigenvalue weighted by Crippen LogP contribution is -2.47. The summed E-state index contributed by atoms with van der Waals surface area (Å²) >= 11 is 0. The van der Waals surface area contributed by atoms with Crippen LogP contribution in [0, 0.1) is 0 Å². The molecule has 3 N–H and O–H groups in total. The minimum absolute atomic E-state index is 0. The number of halogens is 2. The van der Waals surface area contributed by atoms with Crippen LogP contribution in [0.1, 0.15) is 28.8 Å². The van der Waals surface area contributed by atoms with E-state index in [0.29, 0.717) is 31.8 Å². The van der Waals surface area contributed by atoms with Crippen LogP contribution in [0.25, 0.3) is 0 Å². The van der Waals surface area contributed by atoms with Gasteiger partial charge in [-0.05, 0) is 43.6 Å². The summed E-state index contributed by atoms with van der Waals surface area (Å²) in [6.45, 7) is 6.17. The number of likely N-dealkylation sites (tertiary alicyclic amines) is 1. The fourth-order valence-corrected chi connectivity index (χ4v) is 3.25. The third-order valence-corrected chi connectivity index (χ3v) is 4.82. The quantitative estimate of drug-likeness (QED) is 0.597. The summed E-state index contributed by atoms with van der Waals surface area (Å²) < 4.78 is 5.42. The van der Waals surface area contributed by atoms with E-state index in [0.717, 1.165) is 31.7 Å². The van der Waals surface area contributed by atoms with Crippen LogP contribution in [0.4, 0.5) is 0 Å². The second-order valence-corrected chi connectivity index (χ2v) is 6.78. The zero-order valence-electron chi connectivity index (χ0n) is 15.9. The largest absolute Gasteiger partial charge is 0.366 e. The summed E-state index contributed by atoms with van der Waals surface area (Å²) in [5.41, 5.74) is 1.59. The van der Waals surface area contributed by atoms with Gasteiger partial charge in [-0.25, -0.2) is 0 Å². The van der Waals surface area contributed by atoms with Gasteiger partial charge in [-0.2, -0.15) is 0 Å². The maximum absolute atomic E-state index is 12.2. The van der Waals surface area contributed by atoms with Crippen molar-refractivity contribution in [1.82, 2.24) is 20.9 Å². The highest BCUT2D eigenvalue weighted by Crippen LogP contribution is 2.07. The Hall–Kier alpha value is -1.38. The van der Waals surface area contributed by atoms with Crippen LogP contribution in [0.15, 0.2) is 24.3 Å². The molecule has 2 amide bonds. The Bertz CT molecular complexity index is 604. The third-order valence-electron chi connectivity index (χ3n) is 4.82. The Kier molecular flexibility index (Phi) is 11.4. The molecule has 0 radical (unpaired) electrons. The van der Waals surface area contributed by atoms with E-state index in [2.05, 4.69) is 20.9 Å². The fourth-order valence-electron chi connectivity index (χ4n) is 3.25. The summed E-state index contributed by atoms with van der Waals surface area (Å²) in [7, 11) is 0. The Balaban J connectivity index is 0.00000196. The zero-order valence-corrected chi connectivity index (χ0v) is 17.6. The molecule has 2 fully saturated rings. The van der Waals surface area contributed by atoms with Gasteiger partial charge in [0.15, 0.2) is 0 Å². The fraction of sp³-hybridized carbons (Fsp3) is 0.579. The van der Waals surface area contributed by atoms with Crippen LogP contribution < -0.4 is 16.0 Å². The Morgan fingerprint density at radius 1 is 1.11 bits per heavy atom. The molecule has 1 aromatic carbocycles. The van der Waals surface area contributed by atoms with Gasteiger partial charge >= 0.3 is 0 Å². The van der Waals surface area contributed by atoms with Gasteiger partial charge in [-0.15, -0.1) is 24.8 Å². The van der Waals surface area contributed by atoms with Crippen molar-refractivity contribution in [3.05, 3.63) is 35.4 Å². The molecule has 2 aliphatic heterocycles. The SMILES string of the molecule is Cl.Cl.O=C(NCCN1CCCC1)c1ccc(CNC(=O)C2CNCCO2)cc1. The van der Waals surface area contributed by atoms with Crippen LogP contribution in [0.3, 0.4) is 0 Å². The summed E-state index contributed by atoms with van der Waals surface area (Å²) in [5, 5.41) is 8.97. The number of morpholine rings is 1. The zero-order chi connectivity index (χ0) is 18.2. The van der Waals surface area contributed by atoms with E-state index in [-0.39, 0.29) is 36.6 Å². The van der Waals surface area contributed by atoms with E-state index in [1.165, 1.54) is 12.8 Å². The highest BCUT2D eigenvalue weighted by molar-refractivity contribution is 5.94. The predicted molar refractivity (Wildman–Crippen MR) is 113 cm³/mol. The molecule has 0 saturated carbocycles. The number of amides is 2. The number of benzene rings is 1. The molecule has 0 aliphatic carbocycles. The van der Waals surface area contributed by atoms with Crippen LogP contribution >= 0.6 is 24.8 Å². The average molecular weight is 433 g/mol. The molecule has 2 aliphatic rings. The number of hydrogen-bond donors (Lipinski definition) is 3. The van der Waals surface area contributed by atoms with Crippen molar-refractivity contribution in [3.8, 4) is 0 Å². The van der Waals surface area contributed by atoms with Crippen molar-refractivity contribution in [2.24, 2.45) is 0 Å². The summed E-state index contributed by atoms with van der Waals surface area (Å²) in [6.07, 6.45) is 2.09. The molecule has 1 aromatic rings. The first kappa shape index (κ1) is 24.7. The van der Waals surface area contributed by atoms with Crippen LogP contribution in [-0.2, 0) is 16.1 Å². The lowest BCUT2D eigenvalue weighted by Gasteiger charge is -2.22. The summed E-state index contributed by atoms with van der Waals surface area (Å²) in [4.78, 5) is 26.6. The number of hydrogen-bond acceptors (Lipinski definition) is 5. The van der Waals surface area contributed by atoms with Crippen molar-refractivity contribution in [2.75, 3.05) is 45.9 Å². The number of carbonyl (C=O) groups is 2. The number of ether oxygens (including phenoxy) is 1. The molecule has 0 aromatic heterocycles. The third kappa shape index (κ3) is 7.56. The van der Waals surface area contributed by atoms with E-state index in [1.54, 1.807) is 12.1 Å². The van der Waals surface area contributed by atoms with E-state index in [1.807, 2.05) is 12.1 Å². The average Bonchev–Trinajstić information content (AvgIpc) is 3.20. The molecular formula is C19H30Cl2N4O3. The van der Waals surface area contributed by atoms with Gasteiger partial charge < -0.3 is 25.6 Å². The van der Waals surface area contributed by atoms with Gasteiger partial charge in [0.2, 0.25) is 0 Å². The first-order chi connectivity index (χ1) is 12.7. The lowest BCUT2D eigenvalue weighted by atomic mass is 10.1. The number of carbonyl (C=O) groups excluding carboxylic acids is 2. The molecule has 2 saturated heterocycles. The molecule has 28 heavy (non-hydrogen) atoms. The van der Waals surface area contributed by atoms with Crippen LogP contribution in [0.2, 0.25) is 0 Å². The molecule has 1 atom stereocenters. The maximum atomic E-state index is 12.2. The maximum Gasteiger partial charge on any atom is 0.251 e. The van der Waals surface area contributed by atoms with Crippen molar-refractivity contribution in [3.63, 3.8) is 0 Å². The van der Waals surface area contributed by atoms with E-state index in [9.17, 15) is 9.59 Å². The molecule has 3 rings (SSSR count). The Morgan fingerprint density at radius 3 is 2.46 bits per heavy atom. The second-order valence-electron chi connectivity index (χ2n) is 6.78. The lowest BCUT2D eigenvalue weighted by molar-refractivity contribution is -0.134. The number of nitrogens with one attached hydrogen (secondary N) is 3. The van der Waals surface area contributed by atoms with Crippen LogP contribution in [0.5, 0.6) is 0 Å². The first-order valence-electron chi connectivity index (χ1n) is 9.42. The molecule has 7 nitrogen and oxygen atoms in total. The monoisotopic (exact) mass is 432 g/mol. The van der Waals surface area contributed by atoms with Crippen molar-refractivity contribution < 1.29 is 14.3 Å². The van der Waals surface area contributed by atoms with E-state index >= 15 is 0 Å². The van der Waals surface area contributed by atoms with Crippen molar-refractivity contribution in [2.45, 2.75) is 25.5 Å². The van der Waals surface area contributed by atoms with Crippen molar-refractivity contribution >= 4 is 36.6 Å². The van der Waals surface area contributed by atoms with Gasteiger partial charge in [0.25, 0.3) is 11.8 Å². The van der Waals surface area contributed by atoms with E-state index in [4.69, 9.17) is 4.74 Å². The molecule has 0 spiro atoms. The highest BCUT2D eigenvalue weighted by Gasteiger charge is 2.21. The molecule has 1 unspecified atom stereocenters. The standard InChI is InChI=1S/C19H28N4O3.2ClH/c24-18(21-7-11-23-9-1-2-10-23)16-5-3-15(4-6-16)13-22-19(25)17-14-20-8-12-26-17;;/h3-6,17,20H,1-2,7-14H2,(H,21,24)(H,22,25);2*1H. The molecule has 2 heterocycles. The first-order valence-corrected chi connectivity index (χ1v) is 9.42. The molecule has 9 heteroatoms. The predicted octanol–water partition coefficient (Wildman–Crippen LogP) is 0.960. The topological polar surface area (TPSA) is 82.7 Å². The Morgan fingerprint density at radius 2 is 1.82 bits per heavy atom. The van der Waals surface area contributed by atoms with Gasteiger partial charge in [0.05, 0.1) is 6.61 Å². The number of rotatable bonds is 7. The normalized spacial score (nSPS) is 19.2. The minimum atomic E-state index is -0.426. The number of nitrogens with zero attached hydrogens (tertiary/aromatic N) is 1. The smallest absolute Gasteiger partial charge is 0.251 e. The molecular weight excluding hydrogens is 403 g/mol. The minimum Gasteiger partial charge on any atom is -0.366 e. The molecule has 0 bridgehead atoms. The van der Waals surface area contributed by atoms with Gasteiger partial charge in [0.1, 0.15) is 6.10 Å².